The second-order valence-electron chi connectivity index (χ2n) is 6.49. The van der Waals surface area contributed by atoms with Gasteiger partial charge in [0, 0.05) is 18.0 Å². The van der Waals surface area contributed by atoms with Crippen LogP contribution in [0.4, 0.5) is 0 Å². The third kappa shape index (κ3) is 3.01. The number of nitrogens with one attached hydrogen (secondary N) is 1. The molecule has 26 heavy (non-hydrogen) atoms. The van der Waals surface area contributed by atoms with E-state index in [1.165, 1.54) is 11.3 Å². The average Bonchev–Trinajstić information content (AvgIpc) is 3.35. The highest BCUT2D eigenvalue weighted by Crippen LogP contribution is 2.28. The van der Waals surface area contributed by atoms with Crippen molar-refractivity contribution in [3.05, 3.63) is 49.0 Å². The highest BCUT2D eigenvalue weighted by molar-refractivity contribution is 7.18. The van der Waals surface area contributed by atoms with Crippen LogP contribution in [-0.2, 0) is 4.79 Å². The van der Waals surface area contributed by atoms with Gasteiger partial charge in [-0.3, -0.25) is 9.59 Å². The van der Waals surface area contributed by atoms with E-state index in [0.29, 0.717) is 21.6 Å². The summed E-state index contributed by atoms with van der Waals surface area (Å²) < 4.78 is 0. The van der Waals surface area contributed by atoms with Crippen molar-refractivity contribution in [2.24, 2.45) is 0 Å². The van der Waals surface area contributed by atoms with E-state index in [1.807, 2.05) is 41.6 Å². The fourth-order valence-corrected chi connectivity index (χ4v) is 4.88. The molecule has 4 rings (SSSR count). The summed E-state index contributed by atoms with van der Waals surface area (Å²) in [6, 6.07) is 1.96. The predicted octanol–water partition coefficient (Wildman–Crippen LogP) is 3.83. The van der Waals surface area contributed by atoms with E-state index in [2.05, 4.69) is 9.97 Å². The van der Waals surface area contributed by atoms with Crippen LogP contribution >= 0.6 is 22.7 Å². The lowest BCUT2D eigenvalue weighted by Crippen LogP contribution is -2.29. The zero-order valence-corrected chi connectivity index (χ0v) is 16.3. The first-order valence-electron chi connectivity index (χ1n) is 8.58. The molecule has 3 aromatic heterocycles. The molecular weight excluding hydrogens is 366 g/mol. The van der Waals surface area contributed by atoms with E-state index in [1.54, 1.807) is 11.3 Å². The minimum absolute atomic E-state index is 0.0683. The molecule has 1 N–H and O–H groups in total. The van der Waals surface area contributed by atoms with Crippen molar-refractivity contribution in [3.8, 4) is 0 Å². The lowest BCUT2D eigenvalue weighted by Gasteiger charge is -2.17. The van der Waals surface area contributed by atoms with Gasteiger partial charge >= 0.3 is 0 Å². The number of carbonyl (C=O) groups excluding carboxylic acids is 1. The molecule has 0 aromatic carbocycles. The molecule has 0 aliphatic carbocycles. The first kappa shape index (κ1) is 17.2. The van der Waals surface area contributed by atoms with E-state index in [4.69, 9.17) is 0 Å². The summed E-state index contributed by atoms with van der Waals surface area (Å²) >= 11 is 3.07. The molecule has 0 bridgehead atoms. The molecule has 1 fully saturated rings. The van der Waals surface area contributed by atoms with Crippen LogP contribution in [0.1, 0.15) is 34.7 Å². The number of H-pyrrole nitrogens is 1. The molecule has 0 radical (unpaired) electrons. The van der Waals surface area contributed by atoms with Crippen LogP contribution in [0.15, 0.2) is 21.6 Å². The van der Waals surface area contributed by atoms with Crippen molar-refractivity contribution in [2.45, 2.75) is 26.7 Å². The summed E-state index contributed by atoms with van der Waals surface area (Å²) in [7, 11) is 0. The normalized spacial score (nSPS) is 15.2. The Morgan fingerprint density at radius 3 is 2.77 bits per heavy atom. The molecule has 1 aliphatic rings. The van der Waals surface area contributed by atoms with Crippen LogP contribution in [0.3, 0.4) is 0 Å². The third-order valence-electron chi connectivity index (χ3n) is 4.77. The van der Waals surface area contributed by atoms with Crippen LogP contribution in [0.25, 0.3) is 21.9 Å². The number of carbonyl (C=O) groups is 1. The number of aromatic nitrogens is 2. The maximum Gasteiger partial charge on any atom is 0.260 e. The fourth-order valence-electron chi connectivity index (χ4n) is 3.23. The molecule has 5 nitrogen and oxygen atoms in total. The van der Waals surface area contributed by atoms with Gasteiger partial charge in [0.05, 0.1) is 11.0 Å². The van der Waals surface area contributed by atoms with Crippen molar-refractivity contribution in [3.63, 3.8) is 0 Å². The molecular formula is C19H19N3O2S2. The van der Waals surface area contributed by atoms with E-state index in [-0.39, 0.29) is 11.5 Å². The standard InChI is InChI=1S/C19H19N3O2S2/c1-11-12(2)26-18-15(11)17(23)20-16(21-18)14(9-13-5-8-25-10-13)19(24)22-6-3-4-7-22/h5,8-10H,3-4,6-7H2,1-2H3,(H,20,21,23). The summed E-state index contributed by atoms with van der Waals surface area (Å²) in [4.78, 5) is 36.8. The maximum atomic E-state index is 13.1. The summed E-state index contributed by atoms with van der Waals surface area (Å²) in [5, 5.41) is 4.57. The predicted molar refractivity (Wildman–Crippen MR) is 108 cm³/mol. The molecule has 1 aliphatic heterocycles. The quantitative estimate of drug-likeness (QED) is 0.697. The Bertz CT molecular complexity index is 1050. The van der Waals surface area contributed by atoms with Gasteiger partial charge in [-0.25, -0.2) is 4.98 Å². The van der Waals surface area contributed by atoms with E-state index < -0.39 is 0 Å². The number of aromatic amines is 1. The monoisotopic (exact) mass is 385 g/mol. The number of hydrogen-bond acceptors (Lipinski definition) is 5. The number of hydrogen-bond donors (Lipinski definition) is 1. The number of likely N-dealkylation sites (tertiary alicyclic amines) is 1. The smallest absolute Gasteiger partial charge is 0.260 e. The minimum atomic E-state index is -0.183. The van der Waals surface area contributed by atoms with Gasteiger partial charge in [-0.15, -0.1) is 11.3 Å². The molecule has 1 amide bonds. The molecule has 4 heterocycles. The van der Waals surface area contributed by atoms with E-state index >= 15 is 0 Å². The Kier molecular flexibility index (Phi) is 4.50. The van der Waals surface area contributed by atoms with Crippen molar-refractivity contribution in [1.82, 2.24) is 14.9 Å². The van der Waals surface area contributed by atoms with E-state index in [9.17, 15) is 9.59 Å². The van der Waals surface area contributed by atoms with Crippen molar-refractivity contribution in [1.29, 1.82) is 0 Å². The number of thiophene rings is 2. The highest BCUT2D eigenvalue weighted by atomic mass is 32.1. The average molecular weight is 386 g/mol. The minimum Gasteiger partial charge on any atom is -0.339 e. The third-order valence-corrected chi connectivity index (χ3v) is 6.57. The molecule has 0 unspecified atom stereocenters. The molecule has 0 spiro atoms. The van der Waals surface area contributed by atoms with Gasteiger partial charge in [0.25, 0.3) is 11.5 Å². The van der Waals surface area contributed by atoms with Crippen LogP contribution in [0, 0.1) is 13.8 Å². The van der Waals surface area contributed by atoms with Crippen molar-refractivity contribution in [2.75, 3.05) is 13.1 Å². The zero-order valence-electron chi connectivity index (χ0n) is 14.7. The topological polar surface area (TPSA) is 66.1 Å². The summed E-state index contributed by atoms with van der Waals surface area (Å²) in [5.41, 5.74) is 2.17. The van der Waals surface area contributed by atoms with Gasteiger partial charge in [-0.2, -0.15) is 11.3 Å². The van der Waals surface area contributed by atoms with Gasteiger partial charge in [0.15, 0.2) is 0 Å². The molecule has 0 saturated carbocycles. The van der Waals surface area contributed by atoms with Gasteiger partial charge in [0.1, 0.15) is 10.7 Å². The zero-order chi connectivity index (χ0) is 18.3. The largest absolute Gasteiger partial charge is 0.339 e. The van der Waals surface area contributed by atoms with Crippen LogP contribution < -0.4 is 5.56 Å². The number of fused-ring (bicyclic) bond motifs is 1. The second-order valence-corrected chi connectivity index (χ2v) is 8.48. The van der Waals surface area contributed by atoms with Crippen LogP contribution in [-0.4, -0.2) is 33.9 Å². The SMILES string of the molecule is Cc1sc2nc(C(=Cc3ccsc3)C(=O)N3CCCC3)[nH]c(=O)c2c1C. The number of aryl methyl sites for hydroxylation is 2. The Morgan fingerprint density at radius 1 is 1.31 bits per heavy atom. The first-order valence-corrected chi connectivity index (χ1v) is 10.3. The Labute approximate surface area is 159 Å². The molecule has 134 valence electrons. The summed E-state index contributed by atoms with van der Waals surface area (Å²) in [6.07, 6.45) is 3.86. The lowest BCUT2D eigenvalue weighted by molar-refractivity contribution is -0.123. The first-order chi connectivity index (χ1) is 12.5. The number of amides is 1. The van der Waals surface area contributed by atoms with Gasteiger partial charge in [-0.05, 0) is 60.7 Å². The van der Waals surface area contributed by atoms with Gasteiger partial charge in [0.2, 0.25) is 0 Å². The molecule has 3 aromatic rings. The Hall–Kier alpha value is -2.25. The molecule has 7 heteroatoms. The summed E-state index contributed by atoms with van der Waals surface area (Å²) in [6.45, 7) is 5.42. The van der Waals surface area contributed by atoms with E-state index in [0.717, 1.165) is 41.9 Å². The Morgan fingerprint density at radius 2 is 2.08 bits per heavy atom. The van der Waals surface area contributed by atoms with Crippen LogP contribution in [0.5, 0.6) is 0 Å². The van der Waals surface area contributed by atoms with Crippen molar-refractivity contribution >= 4 is 50.4 Å². The number of nitrogens with zero attached hydrogens (tertiary/aromatic N) is 2. The Balaban J connectivity index is 1.87. The van der Waals surface area contributed by atoms with Crippen LogP contribution in [0.2, 0.25) is 0 Å². The second kappa shape index (κ2) is 6.81. The molecule has 0 atom stereocenters. The number of rotatable bonds is 3. The van der Waals surface area contributed by atoms with Crippen molar-refractivity contribution < 1.29 is 4.79 Å². The molecule has 1 saturated heterocycles. The van der Waals surface area contributed by atoms with Gasteiger partial charge in [-0.1, -0.05) is 0 Å². The summed E-state index contributed by atoms with van der Waals surface area (Å²) in [5.74, 6) is 0.285. The lowest BCUT2D eigenvalue weighted by atomic mass is 10.1. The maximum absolute atomic E-state index is 13.1. The fraction of sp³-hybridized carbons (Fsp3) is 0.316. The van der Waals surface area contributed by atoms with Gasteiger partial charge < -0.3 is 9.88 Å². The highest BCUT2D eigenvalue weighted by Gasteiger charge is 2.25.